The Bertz CT molecular complexity index is 898. The number of Topliss-reactive ketones (excluding diaryl/α,β-unsaturated/α-hetero) is 1. The lowest BCUT2D eigenvalue weighted by atomic mass is 9.66. The molecule has 0 amide bonds. The predicted octanol–water partition coefficient (Wildman–Crippen LogP) is 1.66. The number of fused-ring (bicyclic) bond motifs is 4. The third-order valence-electron chi connectivity index (χ3n) is 7.24. The first kappa shape index (κ1) is 18.9. The third kappa shape index (κ3) is 2.72. The summed E-state index contributed by atoms with van der Waals surface area (Å²) in [5.74, 6) is 0.911. The molecule has 1 spiro atoms. The lowest BCUT2D eigenvalue weighted by Gasteiger charge is -2.45. The van der Waals surface area contributed by atoms with E-state index in [1.54, 1.807) is 0 Å². The first-order valence-corrected chi connectivity index (χ1v) is 10.3. The maximum atomic E-state index is 12.3. The molecule has 3 aliphatic heterocycles. The highest BCUT2D eigenvalue weighted by Gasteiger charge is 2.57. The van der Waals surface area contributed by atoms with Crippen molar-refractivity contribution < 1.29 is 23.6 Å². The predicted molar refractivity (Wildman–Crippen MR) is 108 cm³/mol. The molecule has 1 aliphatic carbocycles. The normalized spacial score (nSPS) is 34.3. The van der Waals surface area contributed by atoms with Gasteiger partial charge in [0.2, 0.25) is 0 Å². The summed E-state index contributed by atoms with van der Waals surface area (Å²) in [5.41, 5.74) is 6.15. The molecule has 4 aliphatic rings. The Morgan fingerprint density at radius 3 is 2.55 bits per heavy atom. The maximum Gasteiger partial charge on any atom is 0.494 e. The Hall–Kier alpha value is -2.06. The summed E-state index contributed by atoms with van der Waals surface area (Å²) in [6.07, 6.45) is 1.59. The molecule has 7 nitrogen and oxygen atoms in total. The average molecular weight is 398 g/mol. The summed E-state index contributed by atoms with van der Waals surface area (Å²) in [7, 11) is -0.489. The highest BCUT2D eigenvalue weighted by molar-refractivity contribution is 6.62. The van der Waals surface area contributed by atoms with Crippen LogP contribution in [0.3, 0.4) is 0 Å². The Balaban J connectivity index is 1.59. The summed E-state index contributed by atoms with van der Waals surface area (Å²) in [4.78, 5) is 17.0. The van der Waals surface area contributed by atoms with Gasteiger partial charge in [0.1, 0.15) is 29.8 Å². The molecule has 0 radical (unpaired) electrons. The number of amidine groups is 1. The van der Waals surface area contributed by atoms with Crippen LogP contribution < -0.4 is 15.9 Å². The van der Waals surface area contributed by atoms with Gasteiger partial charge in [0.15, 0.2) is 0 Å². The summed E-state index contributed by atoms with van der Waals surface area (Å²) < 4.78 is 24.4. The van der Waals surface area contributed by atoms with E-state index in [1.165, 1.54) is 0 Å². The lowest BCUT2D eigenvalue weighted by Crippen LogP contribution is -2.51. The Morgan fingerprint density at radius 1 is 1.17 bits per heavy atom. The van der Waals surface area contributed by atoms with E-state index >= 15 is 0 Å². The summed E-state index contributed by atoms with van der Waals surface area (Å²) in [6.45, 7) is 8.44. The zero-order valence-corrected chi connectivity index (χ0v) is 17.4. The Morgan fingerprint density at radius 2 is 1.90 bits per heavy atom. The van der Waals surface area contributed by atoms with E-state index < -0.39 is 23.9 Å². The van der Waals surface area contributed by atoms with E-state index in [0.717, 1.165) is 16.8 Å². The number of carbonyl (C=O) groups is 1. The summed E-state index contributed by atoms with van der Waals surface area (Å²) in [5, 5.41) is 0. The minimum atomic E-state index is -0.710. The van der Waals surface area contributed by atoms with Crippen molar-refractivity contribution in [2.75, 3.05) is 6.61 Å². The molecule has 3 heterocycles. The molecule has 1 saturated carbocycles. The standard InChI is InChI=1S/C21H27BN2O5/c1-19(2)20(3,4)29-22(28-19)12-5-7-16-14(9-12)21(11-26-18(23)24-21)15-10-13(25)6-8-17(15)27-16/h5,7,9,15,17H,6,8,10-11H2,1-4H3,(H2,23,24)/t15-,17-,21-/m0/s1. The second-order valence-corrected chi connectivity index (χ2v) is 9.55. The van der Waals surface area contributed by atoms with Gasteiger partial charge in [0.05, 0.1) is 11.2 Å². The molecule has 2 N–H and O–H groups in total. The molecular formula is C21H27BN2O5. The number of benzene rings is 1. The van der Waals surface area contributed by atoms with Crippen LogP contribution in [-0.4, -0.2) is 42.8 Å². The highest BCUT2D eigenvalue weighted by atomic mass is 16.7. The van der Waals surface area contributed by atoms with Gasteiger partial charge in [-0.1, -0.05) is 12.1 Å². The van der Waals surface area contributed by atoms with Crippen LogP contribution in [0.25, 0.3) is 0 Å². The van der Waals surface area contributed by atoms with E-state index in [0.29, 0.717) is 25.9 Å². The zero-order chi connectivity index (χ0) is 20.6. The van der Waals surface area contributed by atoms with Crippen molar-refractivity contribution in [2.45, 2.75) is 69.8 Å². The number of nitrogens with zero attached hydrogens (tertiary/aromatic N) is 1. The van der Waals surface area contributed by atoms with Crippen molar-refractivity contribution in [3.8, 4) is 5.75 Å². The SMILES string of the molecule is CC1(C)OB(c2ccc3c(c2)[C@@]2(COC(N)=N2)[C@H]2CC(=O)CC[C@@H]2O3)OC1(C)C. The number of hydrogen-bond donors (Lipinski definition) is 1. The van der Waals surface area contributed by atoms with Crippen molar-refractivity contribution >= 4 is 24.4 Å². The van der Waals surface area contributed by atoms with E-state index in [9.17, 15) is 4.79 Å². The molecule has 5 rings (SSSR count). The van der Waals surface area contributed by atoms with Crippen LogP contribution >= 0.6 is 0 Å². The van der Waals surface area contributed by atoms with Gasteiger partial charge < -0.3 is 24.5 Å². The van der Waals surface area contributed by atoms with Crippen LogP contribution in [0, 0.1) is 5.92 Å². The molecule has 0 aromatic heterocycles. The van der Waals surface area contributed by atoms with Crippen molar-refractivity contribution in [3.63, 3.8) is 0 Å². The fourth-order valence-electron chi connectivity index (χ4n) is 4.85. The zero-order valence-electron chi connectivity index (χ0n) is 17.4. The minimum Gasteiger partial charge on any atom is -0.490 e. The number of carbonyl (C=O) groups excluding carboxylic acids is 1. The molecule has 2 fully saturated rings. The molecule has 1 aromatic rings. The molecule has 3 atom stereocenters. The molecule has 1 saturated heterocycles. The molecule has 29 heavy (non-hydrogen) atoms. The van der Waals surface area contributed by atoms with Gasteiger partial charge in [0, 0.05) is 24.3 Å². The van der Waals surface area contributed by atoms with Gasteiger partial charge in [-0.25, -0.2) is 4.99 Å². The smallest absolute Gasteiger partial charge is 0.490 e. The fraction of sp³-hybridized carbons (Fsp3) is 0.619. The second kappa shape index (κ2) is 5.98. The topological polar surface area (TPSA) is 92.4 Å². The van der Waals surface area contributed by atoms with Crippen molar-refractivity contribution in [2.24, 2.45) is 16.6 Å². The van der Waals surface area contributed by atoms with Gasteiger partial charge in [-0.05, 0) is 45.6 Å². The fourth-order valence-corrected chi connectivity index (χ4v) is 4.85. The number of hydrogen-bond acceptors (Lipinski definition) is 7. The van der Waals surface area contributed by atoms with Gasteiger partial charge in [0.25, 0.3) is 6.02 Å². The van der Waals surface area contributed by atoms with E-state index in [4.69, 9.17) is 29.5 Å². The van der Waals surface area contributed by atoms with E-state index in [-0.39, 0.29) is 23.8 Å². The van der Waals surface area contributed by atoms with Crippen molar-refractivity contribution in [1.29, 1.82) is 0 Å². The van der Waals surface area contributed by atoms with Crippen LogP contribution in [0.4, 0.5) is 0 Å². The molecule has 0 unspecified atom stereocenters. The Labute approximate surface area is 171 Å². The van der Waals surface area contributed by atoms with Crippen LogP contribution in [-0.2, 0) is 24.4 Å². The molecule has 1 aromatic carbocycles. The van der Waals surface area contributed by atoms with Crippen LogP contribution in [0.2, 0.25) is 0 Å². The summed E-state index contributed by atoms with van der Waals surface area (Å²) in [6, 6.07) is 6.12. The quantitative estimate of drug-likeness (QED) is 0.724. The maximum absolute atomic E-state index is 12.3. The largest absolute Gasteiger partial charge is 0.494 e. The van der Waals surface area contributed by atoms with E-state index in [1.807, 2.05) is 45.9 Å². The Kier molecular flexibility index (Phi) is 3.91. The van der Waals surface area contributed by atoms with Crippen LogP contribution in [0.1, 0.15) is 52.5 Å². The summed E-state index contributed by atoms with van der Waals surface area (Å²) >= 11 is 0. The van der Waals surface area contributed by atoms with Gasteiger partial charge in [-0.15, -0.1) is 0 Å². The average Bonchev–Trinajstić information content (AvgIpc) is 3.13. The molecule has 154 valence electrons. The van der Waals surface area contributed by atoms with Crippen molar-refractivity contribution in [1.82, 2.24) is 0 Å². The molecule has 8 heteroatoms. The number of aliphatic imine (C=N–C) groups is 1. The number of ketones is 1. The number of nitrogens with two attached hydrogens (primary N) is 1. The van der Waals surface area contributed by atoms with Gasteiger partial charge >= 0.3 is 7.12 Å². The lowest BCUT2D eigenvalue weighted by molar-refractivity contribution is -0.126. The highest BCUT2D eigenvalue weighted by Crippen LogP contribution is 2.51. The number of ether oxygens (including phenoxy) is 2. The minimum absolute atomic E-state index is 0.0684. The third-order valence-corrected chi connectivity index (χ3v) is 7.24. The van der Waals surface area contributed by atoms with Gasteiger partial charge in [-0.2, -0.15) is 0 Å². The van der Waals surface area contributed by atoms with Crippen molar-refractivity contribution in [3.05, 3.63) is 23.8 Å². The monoisotopic (exact) mass is 398 g/mol. The van der Waals surface area contributed by atoms with Crippen LogP contribution in [0.5, 0.6) is 5.75 Å². The van der Waals surface area contributed by atoms with Gasteiger partial charge in [-0.3, -0.25) is 4.79 Å². The first-order valence-electron chi connectivity index (χ1n) is 10.3. The van der Waals surface area contributed by atoms with Crippen LogP contribution in [0.15, 0.2) is 23.2 Å². The van der Waals surface area contributed by atoms with E-state index in [2.05, 4.69) is 0 Å². The molecule has 0 bridgehead atoms. The number of rotatable bonds is 1. The first-order chi connectivity index (χ1) is 13.6. The molecular weight excluding hydrogens is 371 g/mol. The second-order valence-electron chi connectivity index (χ2n) is 9.55.